The Kier molecular flexibility index (Phi) is 4.22. The molecule has 3 rings (SSSR count). The van der Waals surface area contributed by atoms with E-state index in [2.05, 4.69) is 5.32 Å². The van der Waals surface area contributed by atoms with E-state index in [0.29, 0.717) is 17.7 Å². The Balaban J connectivity index is 1.82. The van der Waals surface area contributed by atoms with Crippen LogP contribution in [0.4, 0.5) is 11.4 Å². The lowest BCUT2D eigenvalue weighted by Crippen LogP contribution is -2.36. The van der Waals surface area contributed by atoms with Crippen LogP contribution in [0.3, 0.4) is 0 Å². The van der Waals surface area contributed by atoms with E-state index in [9.17, 15) is 9.59 Å². The number of benzene rings is 1. The van der Waals surface area contributed by atoms with Crippen molar-refractivity contribution in [3.63, 3.8) is 0 Å². The van der Waals surface area contributed by atoms with E-state index in [0.717, 1.165) is 16.9 Å². The van der Waals surface area contributed by atoms with Gasteiger partial charge in [-0.2, -0.15) is 0 Å². The molecule has 0 spiro atoms. The molecule has 2 heterocycles. The third-order valence-electron chi connectivity index (χ3n) is 3.54. The Morgan fingerprint density at radius 3 is 2.95 bits per heavy atom. The molecule has 0 fully saturated rings. The number of nitrogens with zero attached hydrogens (tertiary/aromatic N) is 1. The fraction of sp³-hybridized carbons (Fsp3) is 0.250. The molecule has 2 amide bonds. The monoisotopic (exact) mass is 316 g/mol. The summed E-state index contributed by atoms with van der Waals surface area (Å²) in [5, 5.41) is 4.76. The lowest BCUT2D eigenvalue weighted by Gasteiger charge is -2.29. The second-order valence-electron chi connectivity index (χ2n) is 5.01. The molecule has 0 aliphatic carbocycles. The van der Waals surface area contributed by atoms with Crippen molar-refractivity contribution in [1.82, 2.24) is 0 Å². The van der Waals surface area contributed by atoms with Gasteiger partial charge in [0.1, 0.15) is 6.73 Å². The van der Waals surface area contributed by atoms with Crippen LogP contribution in [-0.2, 0) is 16.0 Å². The standard InChI is InChI=1S/C16H16N2O3S/c1-21-10-18-13-6-5-12(9-11(13)4-7-15(18)19)17-16(20)14-3-2-8-22-14/h2-3,5-6,8-9H,4,7,10H2,1H3,(H,17,20). The molecule has 5 nitrogen and oxygen atoms in total. The molecule has 0 saturated carbocycles. The van der Waals surface area contributed by atoms with Crippen molar-refractivity contribution in [1.29, 1.82) is 0 Å². The number of methoxy groups -OCH3 is 1. The number of hydrogen-bond acceptors (Lipinski definition) is 4. The number of aryl methyl sites for hydroxylation is 1. The quantitative estimate of drug-likeness (QED) is 0.943. The van der Waals surface area contributed by atoms with Gasteiger partial charge in [-0.15, -0.1) is 11.3 Å². The average Bonchev–Trinajstić information content (AvgIpc) is 3.05. The predicted octanol–water partition coefficient (Wildman–Crippen LogP) is 2.88. The molecule has 0 unspecified atom stereocenters. The maximum absolute atomic E-state index is 12.1. The Hall–Kier alpha value is -2.18. The van der Waals surface area contributed by atoms with Crippen LogP contribution in [0.25, 0.3) is 0 Å². The highest BCUT2D eigenvalue weighted by Gasteiger charge is 2.24. The minimum Gasteiger partial charge on any atom is -0.364 e. The van der Waals surface area contributed by atoms with Crippen LogP contribution in [0.1, 0.15) is 21.7 Å². The van der Waals surface area contributed by atoms with Crippen LogP contribution in [0.15, 0.2) is 35.7 Å². The molecule has 114 valence electrons. The maximum Gasteiger partial charge on any atom is 0.265 e. The van der Waals surface area contributed by atoms with E-state index in [1.807, 2.05) is 29.6 Å². The smallest absolute Gasteiger partial charge is 0.265 e. The molecule has 1 aromatic carbocycles. The molecule has 6 heteroatoms. The fourth-order valence-corrected chi connectivity index (χ4v) is 3.13. The number of carbonyl (C=O) groups excluding carboxylic acids is 2. The SMILES string of the molecule is COCN1C(=O)CCc2cc(NC(=O)c3cccs3)ccc21. The summed E-state index contributed by atoms with van der Waals surface area (Å²) >= 11 is 1.40. The zero-order chi connectivity index (χ0) is 15.5. The Labute approximate surface area is 132 Å². The largest absolute Gasteiger partial charge is 0.364 e. The topological polar surface area (TPSA) is 58.6 Å². The van der Waals surface area contributed by atoms with Gasteiger partial charge in [-0.25, -0.2) is 0 Å². The number of nitrogens with one attached hydrogen (secondary N) is 1. The van der Waals surface area contributed by atoms with E-state index in [4.69, 9.17) is 4.74 Å². The molecule has 22 heavy (non-hydrogen) atoms. The van der Waals surface area contributed by atoms with Gasteiger partial charge in [-0.3, -0.25) is 14.5 Å². The van der Waals surface area contributed by atoms with Crippen LogP contribution in [0.5, 0.6) is 0 Å². The summed E-state index contributed by atoms with van der Waals surface area (Å²) in [6.07, 6.45) is 1.13. The average molecular weight is 316 g/mol. The molecule has 0 saturated heterocycles. The summed E-state index contributed by atoms with van der Waals surface area (Å²) in [6.45, 7) is 0.243. The number of fused-ring (bicyclic) bond motifs is 1. The van der Waals surface area contributed by atoms with Crippen molar-refractivity contribution in [2.75, 3.05) is 24.1 Å². The first-order chi connectivity index (χ1) is 10.7. The number of amides is 2. The molecule has 1 aliphatic heterocycles. The lowest BCUT2D eigenvalue weighted by molar-refractivity contribution is -0.119. The predicted molar refractivity (Wildman–Crippen MR) is 86.4 cm³/mol. The summed E-state index contributed by atoms with van der Waals surface area (Å²) in [7, 11) is 1.57. The number of carbonyl (C=O) groups is 2. The third-order valence-corrected chi connectivity index (χ3v) is 4.41. The van der Waals surface area contributed by atoms with Gasteiger partial charge in [0.15, 0.2) is 0 Å². The molecule has 0 atom stereocenters. The molecular weight excluding hydrogens is 300 g/mol. The van der Waals surface area contributed by atoms with Gasteiger partial charge in [0.05, 0.1) is 4.88 Å². The van der Waals surface area contributed by atoms with Crippen LogP contribution in [-0.4, -0.2) is 25.7 Å². The van der Waals surface area contributed by atoms with Gasteiger partial charge in [0, 0.05) is 24.9 Å². The third kappa shape index (κ3) is 2.88. The summed E-state index contributed by atoms with van der Waals surface area (Å²) < 4.78 is 5.09. The number of anilines is 2. The second kappa shape index (κ2) is 6.29. The molecule has 0 radical (unpaired) electrons. The molecular formula is C16H16N2O3S. The summed E-state index contributed by atoms with van der Waals surface area (Å²) in [5.74, 6) is -0.0553. The van der Waals surface area contributed by atoms with Crippen LogP contribution < -0.4 is 10.2 Å². The maximum atomic E-state index is 12.1. The van der Waals surface area contributed by atoms with Crippen LogP contribution in [0, 0.1) is 0 Å². The normalized spacial score (nSPS) is 13.9. The van der Waals surface area contributed by atoms with E-state index in [-0.39, 0.29) is 18.5 Å². The molecule has 1 aliphatic rings. The van der Waals surface area contributed by atoms with Gasteiger partial charge in [0.25, 0.3) is 5.91 Å². The Morgan fingerprint density at radius 2 is 2.23 bits per heavy atom. The molecule has 2 aromatic rings. The molecule has 1 N–H and O–H groups in total. The van der Waals surface area contributed by atoms with Crippen molar-refractivity contribution in [3.05, 3.63) is 46.2 Å². The number of hydrogen-bond donors (Lipinski definition) is 1. The first-order valence-corrected chi connectivity index (χ1v) is 7.84. The Bertz CT molecular complexity index is 697. The highest BCUT2D eigenvalue weighted by atomic mass is 32.1. The Morgan fingerprint density at radius 1 is 1.36 bits per heavy atom. The lowest BCUT2D eigenvalue weighted by atomic mass is 10.0. The minimum absolute atomic E-state index is 0.0599. The van der Waals surface area contributed by atoms with E-state index in [1.165, 1.54) is 11.3 Å². The van der Waals surface area contributed by atoms with Crippen LogP contribution >= 0.6 is 11.3 Å². The van der Waals surface area contributed by atoms with Gasteiger partial charge < -0.3 is 10.1 Å². The highest BCUT2D eigenvalue weighted by Crippen LogP contribution is 2.30. The van der Waals surface area contributed by atoms with Gasteiger partial charge in [-0.05, 0) is 41.6 Å². The second-order valence-corrected chi connectivity index (χ2v) is 5.96. The zero-order valence-corrected chi connectivity index (χ0v) is 13.0. The summed E-state index contributed by atoms with van der Waals surface area (Å²) in [5.41, 5.74) is 2.64. The zero-order valence-electron chi connectivity index (χ0n) is 12.2. The van der Waals surface area contributed by atoms with Crippen molar-refractivity contribution in [3.8, 4) is 0 Å². The van der Waals surface area contributed by atoms with Crippen molar-refractivity contribution in [2.45, 2.75) is 12.8 Å². The van der Waals surface area contributed by atoms with Crippen LogP contribution in [0.2, 0.25) is 0 Å². The summed E-state index contributed by atoms with van der Waals surface area (Å²) in [4.78, 5) is 26.3. The number of thiophene rings is 1. The van der Waals surface area contributed by atoms with Crippen molar-refractivity contribution >= 4 is 34.5 Å². The number of rotatable bonds is 4. The first-order valence-electron chi connectivity index (χ1n) is 6.96. The van der Waals surface area contributed by atoms with Gasteiger partial charge >= 0.3 is 0 Å². The van der Waals surface area contributed by atoms with E-state index in [1.54, 1.807) is 18.1 Å². The van der Waals surface area contributed by atoms with Gasteiger partial charge in [-0.1, -0.05) is 6.07 Å². The summed E-state index contributed by atoms with van der Waals surface area (Å²) in [6, 6.07) is 9.23. The highest BCUT2D eigenvalue weighted by molar-refractivity contribution is 7.12. The minimum atomic E-state index is -0.115. The fourth-order valence-electron chi connectivity index (χ4n) is 2.51. The van der Waals surface area contributed by atoms with Crippen molar-refractivity contribution < 1.29 is 14.3 Å². The van der Waals surface area contributed by atoms with Gasteiger partial charge in [0.2, 0.25) is 5.91 Å². The van der Waals surface area contributed by atoms with E-state index < -0.39 is 0 Å². The molecule has 1 aromatic heterocycles. The molecule has 0 bridgehead atoms. The van der Waals surface area contributed by atoms with Crippen molar-refractivity contribution in [2.24, 2.45) is 0 Å². The number of ether oxygens (including phenoxy) is 1. The first kappa shape index (κ1) is 14.7. The van der Waals surface area contributed by atoms with E-state index >= 15 is 0 Å².